The van der Waals surface area contributed by atoms with Crippen LogP contribution in [0.3, 0.4) is 0 Å². The van der Waals surface area contributed by atoms with Crippen LogP contribution in [-0.2, 0) is 0 Å². The van der Waals surface area contributed by atoms with E-state index in [4.69, 9.17) is 15.4 Å². The van der Waals surface area contributed by atoms with Gasteiger partial charge in [-0.05, 0) is 24.3 Å². The maximum Gasteiger partial charge on any atom is 0.163 e. The quantitative estimate of drug-likeness (QED) is 0.326. The number of rotatable bonds is 8. The molecule has 7 heteroatoms. The number of fused-ring (bicyclic) bond motifs is 1. The van der Waals surface area contributed by atoms with Crippen molar-refractivity contribution in [3.8, 4) is 11.4 Å². The molecule has 0 saturated carbocycles. The number of aromatic nitrogens is 2. The molecule has 3 aromatic rings. The van der Waals surface area contributed by atoms with Crippen LogP contribution < -0.4 is 16.0 Å². The number of allylic oxidation sites excluding steroid dienone is 1. The van der Waals surface area contributed by atoms with Gasteiger partial charge in [0, 0.05) is 41.8 Å². The zero-order valence-electron chi connectivity index (χ0n) is 15.0. The Hall–Kier alpha value is -2.93. The molecule has 0 amide bonds. The molecule has 3 rings (SSSR count). The van der Waals surface area contributed by atoms with Gasteiger partial charge in [-0.3, -0.25) is 0 Å². The third-order valence-corrected chi connectivity index (χ3v) is 4.66. The summed E-state index contributed by atoms with van der Waals surface area (Å²) in [7, 11) is 1.82. The second-order valence-corrected chi connectivity index (χ2v) is 6.60. The summed E-state index contributed by atoms with van der Waals surface area (Å²) in [4.78, 5) is 9.48. The third-order valence-electron chi connectivity index (χ3n) is 3.97. The minimum Gasteiger partial charge on any atom is -0.375 e. The van der Waals surface area contributed by atoms with E-state index in [1.54, 1.807) is 6.08 Å². The molecule has 4 N–H and O–H groups in total. The Balaban J connectivity index is 1.85. The molecule has 0 spiro atoms. The van der Waals surface area contributed by atoms with Crippen molar-refractivity contribution in [1.82, 2.24) is 20.6 Å². The molecule has 1 aromatic heterocycles. The highest BCUT2D eigenvalue weighted by Crippen LogP contribution is 2.29. The fourth-order valence-corrected chi connectivity index (χ4v) is 3.13. The standard InChI is InChI=1S/C20H21BrN6/c1-23-18(10-11-22)24-12-13-25-19-15-7-3-5-9-17(15)26-20(27-19)14-6-2-4-8-16(14)21/h2-11,22-24H,12-13H2,1H3,(H,25,26,27)/b18-10+,22-11?. The molecule has 2 aromatic carbocycles. The van der Waals surface area contributed by atoms with Crippen LogP contribution >= 0.6 is 15.9 Å². The number of benzene rings is 2. The summed E-state index contributed by atoms with van der Waals surface area (Å²) in [5.74, 6) is 2.28. The number of halogens is 1. The largest absolute Gasteiger partial charge is 0.375 e. The number of para-hydroxylation sites is 1. The molecule has 1 heterocycles. The van der Waals surface area contributed by atoms with Crippen LogP contribution in [-0.4, -0.2) is 36.3 Å². The maximum absolute atomic E-state index is 7.15. The fraction of sp³-hybridized carbons (Fsp3) is 0.150. The van der Waals surface area contributed by atoms with Crippen LogP contribution in [0, 0.1) is 5.41 Å². The van der Waals surface area contributed by atoms with E-state index >= 15 is 0 Å². The molecule has 0 radical (unpaired) electrons. The average Bonchev–Trinajstić information content (AvgIpc) is 2.70. The topological polar surface area (TPSA) is 85.7 Å². The summed E-state index contributed by atoms with van der Waals surface area (Å²) in [6.07, 6.45) is 2.92. The fourth-order valence-electron chi connectivity index (χ4n) is 2.67. The van der Waals surface area contributed by atoms with E-state index in [2.05, 4.69) is 31.9 Å². The van der Waals surface area contributed by atoms with Gasteiger partial charge in [0.25, 0.3) is 0 Å². The number of anilines is 1. The zero-order chi connectivity index (χ0) is 19.1. The van der Waals surface area contributed by atoms with E-state index in [9.17, 15) is 0 Å². The molecule has 27 heavy (non-hydrogen) atoms. The molecular weight excluding hydrogens is 404 g/mol. The van der Waals surface area contributed by atoms with Gasteiger partial charge in [-0.25, -0.2) is 9.97 Å². The minimum absolute atomic E-state index is 0.674. The highest BCUT2D eigenvalue weighted by molar-refractivity contribution is 9.10. The van der Waals surface area contributed by atoms with E-state index in [1.165, 1.54) is 6.21 Å². The first-order chi connectivity index (χ1) is 13.2. The lowest BCUT2D eigenvalue weighted by Gasteiger charge is -2.13. The first kappa shape index (κ1) is 18.8. The SMILES string of the molecule is CN/C(=C\C=N)NCCNc1nc(-c2ccccc2Br)nc2ccccc12. The second kappa shape index (κ2) is 9.14. The van der Waals surface area contributed by atoms with Crippen molar-refractivity contribution in [3.63, 3.8) is 0 Å². The van der Waals surface area contributed by atoms with Crippen LogP contribution in [0.2, 0.25) is 0 Å². The Kier molecular flexibility index (Phi) is 6.38. The molecule has 0 aliphatic heterocycles. The maximum atomic E-state index is 7.15. The van der Waals surface area contributed by atoms with Gasteiger partial charge in [-0.15, -0.1) is 0 Å². The third kappa shape index (κ3) is 4.62. The Labute approximate surface area is 166 Å². The van der Waals surface area contributed by atoms with Gasteiger partial charge in [-0.1, -0.05) is 46.3 Å². The van der Waals surface area contributed by atoms with Gasteiger partial charge in [0.2, 0.25) is 0 Å². The van der Waals surface area contributed by atoms with Gasteiger partial charge in [-0.2, -0.15) is 0 Å². The molecular formula is C20H21BrN6. The highest BCUT2D eigenvalue weighted by atomic mass is 79.9. The van der Waals surface area contributed by atoms with Gasteiger partial charge in [0.15, 0.2) is 5.82 Å². The van der Waals surface area contributed by atoms with E-state index in [0.717, 1.165) is 32.6 Å². The smallest absolute Gasteiger partial charge is 0.163 e. The average molecular weight is 425 g/mol. The lowest BCUT2D eigenvalue weighted by Crippen LogP contribution is -2.28. The zero-order valence-corrected chi connectivity index (χ0v) is 16.5. The molecule has 138 valence electrons. The second-order valence-electron chi connectivity index (χ2n) is 5.74. The van der Waals surface area contributed by atoms with Gasteiger partial charge < -0.3 is 21.4 Å². The van der Waals surface area contributed by atoms with Gasteiger partial charge >= 0.3 is 0 Å². The van der Waals surface area contributed by atoms with E-state index in [-0.39, 0.29) is 0 Å². The molecule has 0 saturated heterocycles. The van der Waals surface area contributed by atoms with Gasteiger partial charge in [0.1, 0.15) is 5.82 Å². The van der Waals surface area contributed by atoms with E-state index in [1.807, 2.05) is 55.6 Å². The highest BCUT2D eigenvalue weighted by Gasteiger charge is 2.11. The molecule has 0 unspecified atom stereocenters. The predicted molar refractivity (Wildman–Crippen MR) is 115 cm³/mol. The Morgan fingerprint density at radius 3 is 2.63 bits per heavy atom. The predicted octanol–water partition coefficient (Wildman–Crippen LogP) is 3.77. The summed E-state index contributed by atoms with van der Waals surface area (Å²) >= 11 is 3.58. The van der Waals surface area contributed by atoms with Gasteiger partial charge in [0.05, 0.1) is 11.3 Å². The van der Waals surface area contributed by atoms with Crippen LogP contribution in [0.5, 0.6) is 0 Å². The summed E-state index contributed by atoms with van der Waals surface area (Å²) in [6, 6.07) is 15.9. The van der Waals surface area contributed by atoms with Crippen molar-refractivity contribution in [2.45, 2.75) is 0 Å². The van der Waals surface area contributed by atoms with Crippen LogP contribution in [0.4, 0.5) is 5.82 Å². The number of hydrogen-bond acceptors (Lipinski definition) is 6. The monoisotopic (exact) mass is 424 g/mol. The number of nitrogens with zero attached hydrogens (tertiary/aromatic N) is 2. The summed E-state index contributed by atoms with van der Waals surface area (Å²) < 4.78 is 0.961. The van der Waals surface area contributed by atoms with Crippen LogP contribution in [0.15, 0.2) is 64.9 Å². The molecule has 0 aliphatic rings. The van der Waals surface area contributed by atoms with Crippen molar-refractivity contribution in [1.29, 1.82) is 5.41 Å². The van der Waals surface area contributed by atoms with Crippen molar-refractivity contribution in [2.75, 3.05) is 25.5 Å². The van der Waals surface area contributed by atoms with Crippen molar-refractivity contribution >= 4 is 38.9 Å². The van der Waals surface area contributed by atoms with E-state index < -0.39 is 0 Å². The molecule has 0 aliphatic carbocycles. The van der Waals surface area contributed by atoms with Crippen molar-refractivity contribution in [3.05, 3.63) is 64.9 Å². The van der Waals surface area contributed by atoms with Crippen molar-refractivity contribution in [2.24, 2.45) is 0 Å². The lowest BCUT2D eigenvalue weighted by atomic mass is 10.2. The van der Waals surface area contributed by atoms with Crippen LogP contribution in [0.1, 0.15) is 0 Å². The Morgan fingerprint density at radius 2 is 1.85 bits per heavy atom. The van der Waals surface area contributed by atoms with Crippen LogP contribution in [0.25, 0.3) is 22.3 Å². The first-order valence-electron chi connectivity index (χ1n) is 8.61. The summed E-state index contributed by atoms with van der Waals surface area (Å²) in [5.41, 5.74) is 1.85. The number of nitrogens with one attached hydrogen (secondary N) is 4. The lowest BCUT2D eigenvalue weighted by molar-refractivity contribution is 0.748. The Morgan fingerprint density at radius 1 is 1.07 bits per heavy atom. The molecule has 6 nitrogen and oxygen atoms in total. The van der Waals surface area contributed by atoms with Crippen molar-refractivity contribution < 1.29 is 0 Å². The Bertz CT molecular complexity index is 970. The first-order valence-corrected chi connectivity index (χ1v) is 9.40. The van der Waals surface area contributed by atoms with E-state index in [0.29, 0.717) is 18.9 Å². The summed E-state index contributed by atoms with van der Waals surface area (Å²) in [6.45, 7) is 1.36. The number of hydrogen-bond donors (Lipinski definition) is 4. The normalized spacial score (nSPS) is 11.3. The molecule has 0 fully saturated rings. The summed E-state index contributed by atoms with van der Waals surface area (Å²) in [5, 5.41) is 17.8. The minimum atomic E-state index is 0.674. The molecule has 0 bridgehead atoms. The molecule has 0 atom stereocenters.